The van der Waals surface area contributed by atoms with Gasteiger partial charge in [-0.15, -0.1) is 0 Å². The number of aromatic nitrogens is 1. The largest absolute Gasteiger partial charge is 0.361 e. The molecule has 1 aromatic heterocycles. The molecule has 2 aromatic rings. The number of hydrogen-bond acceptors (Lipinski definition) is 2. The molecule has 1 aliphatic heterocycles. The van der Waals surface area contributed by atoms with E-state index >= 15 is 0 Å². The van der Waals surface area contributed by atoms with Crippen LogP contribution < -0.4 is 0 Å². The van der Waals surface area contributed by atoms with E-state index in [0.717, 1.165) is 35.3 Å². The molecule has 3 rings (SSSR count). The molecule has 20 heavy (non-hydrogen) atoms. The molecule has 1 N–H and O–H groups in total. The summed E-state index contributed by atoms with van der Waals surface area (Å²) < 4.78 is 0.175. The summed E-state index contributed by atoms with van der Waals surface area (Å²) in [5.74, 6) is 1.27. The Bertz CT molecular complexity index is 632. The second-order valence-electron chi connectivity index (χ2n) is 5.96. The maximum Gasteiger partial charge on any atom is 0.227 e. The van der Waals surface area contributed by atoms with Crippen LogP contribution in [0.5, 0.6) is 0 Å². The quantitative estimate of drug-likeness (QED) is 0.922. The lowest BCUT2D eigenvalue weighted by Crippen LogP contribution is -2.46. The fourth-order valence-electron chi connectivity index (χ4n) is 2.78. The molecule has 1 amide bonds. The Morgan fingerprint density at radius 3 is 3.00 bits per heavy atom. The summed E-state index contributed by atoms with van der Waals surface area (Å²) in [5, 5.41) is 1.16. The zero-order chi connectivity index (χ0) is 14.2. The normalized spacial score (nSPS) is 18.4. The Labute approximate surface area is 123 Å². The minimum absolute atomic E-state index is 0.175. The third kappa shape index (κ3) is 2.70. The molecule has 1 aliphatic rings. The Kier molecular flexibility index (Phi) is 3.50. The van der Waals surface area contributed by atoms with Crippen LogP contribution in [0.1, 0.15) is 19.4 Å². The summed E-state index contributed by atoms with van der Waals surface area (Å²) in [6, 6.07) is 8.15. The fraction of sp³-hybridized carbons (Fsp3) is 0.438. The highest BCUT2D eigenvalue weighted by Crippen LogP contribution is 2.30. The van der Waals surface area contributed by atoms with Gasteiger partial charge in [-0.3, -0.25) is 4.79 Å². The molecule has 1 aromatic carbocycles. The van der Waals surface area contributed by atoms with Gasteiger partial charge in [-0.25, -0.2) is 0 Å². The van der Waals surface area contributed by atoms with E-state index in [0.29, 0.717) is 6.42 Å². The molecule has 106 valence electrons. The smallest absolute Gasteiger partial charge is 0.227 e. The highest BCUT2D eigenvalue weighted by atomic mass is 32.2. The number of H-pyrrole nitrogens is 1. The van der Waals surface area contributed by atoms with Gasteiger partial charge in [0, 0.05) is 40.7 Å². The predicted octanol–water partition coefficient (Wildman–Crippen LogP) is 3.06. The Balaban J connectivity index is 1.76. The number of nitrogens with zero attached hydrogens (tertiary/aromatic N) is 1. The van der Waals surface area contributed by atoms with Crippen LogP contribution in [0.3, 0.4) is 0 Å². The molecule has 0 atom stereocenters. The number of rotatable bonds is 2. The molecule has 0 aliphatic carbocycles. The number of hydrogen-bond donors (Lipinski definition) is 1. The van der Waals surface area contributed by atoms with E-state index in [-0.39, 0.29) is 10.7 Å². The monoisotopic (exact) mass is 288 g/mol. The van der Waals surface area contributed by atoms with Crippen molar-refractivity contribution in [3.63, 3.8) is 0 Å². The van der Waals surface area contributed by atoms with Gasteiger partial charge in [0.2, 0.25) is 5.91 Å². The van der Waals surface area contributed by atoms with E-state index in [1.54, 1.807) is 0 Å². The number of carbonyl (C=O) groups is 1. The van der Waals surface area contributed by atoms with Crippen molar-refractivity contribution in [2.45, 2.75) is 25.0 Å². The van der Waals surface area contributed by atoms with Crippen molar-refractivity contribution in [2.75, 3.05) is 18.8 Å². The number of thioether (sulfide) groups is 1. The van der Waals surface area contributed by atoms with Crippen LogP contribution in [-0.4, -0.2) is 39.4 Å². The first kappa shape index (κ1) is 13.6. The Morgan fingerprint density at radius 1 is 1.40 bits per heavy atom. The Morgan fingerprint density at radius 2 is 2.20 bits per heavy atom. The van der Waals surface area contributed by atoms with Crippen molar-refractivity contribution < 1.29 is 4.79 Å². The van der Waals surface area contributed by atoms with E-state index in [9.17, 15) is 4.79 Å². The molecule has 0 spiro atoms. The maximum absolute atomic E-state index is 12.5. The van der Waals surface area contributed by atoms with Crippen molar-refractivity contribution >= 4 is 28.6 Å². The number of fused-ring (bicyclic) bond motifs is 1. The fourth-order valence-corrected chi connectivity index (χ4v) is 3.89. The molecule has 1 fully saturated rings. The summed E-state index contributed by atoms with van der Waals surface area (Å²) in [5.41, 5.74) is 2.20. The summed E-state index contributed by atoms with van der Waals surface area (Å²) in [4.78, 5) is 17.7. The summed E-state index contributed by atoms with van der Waals surface area (Å²) in [6.45, 7) is 6.14. The number of aromatic amines is 1. The molecule has 4 heteroatoms. The van der Waals surface area contributed by atoms with Crippen LogP contribution in [0, 0.1) is 0 Å². The van der Waals surface area contributed by atoms with Crippen LogP contribution in [0.2, 0.25) is 0 Å². The van der Waals surface area contributed by atoms with Crippen molar-refractivity contribution in [3.05, 3.63) is 36.0 Å². The van der Waals surface area contributed by atoms with Gasteiger partial charge in [0.25, 0.3) is 0 Å². The van der Waals surface area contributed by atoms with Gasteiger partial charge in [0.05, 0.1) is 6.42 Å². The second-order valence-corrected chi connectivity index (χ2v) is 7.76. The molecular weight excluding hydrogens is 268 g/mol. The van der Waals surface area contributed by atoms with E-state index in [1.165, 1.54) is 0 Å². The molecule has 1 saturated heterocycles. The van der Waals surface area contributed by atoms with Gasteiger partial charge >= 0.3 is 0 Å². The summed E-state index contributed by atoms with van der Waals surface area (Å²) >= 11 is 1.95. The number of benzene rings is 1. The predicted molar refractivity (Wildman–Crippen MR) is 85.1 cm³/mol. The van der Waals surface area contributed by atoms with Crippen molar-refractivity contribution in [1.29, 1.82) is 0 Å². The first-order valence-electron chi connectivity index (χ1n) is 7.02. The topological polar surface area (TPSA) is 36.1 Å². The van der Waals surface area contributed by atoms with Gasteiger partial charge in [-0.1, -0.05) is 18.2 Å². The lowest BCUT2D eigenvalue weighted by molar-refractivity contribution is -0.130. The SMILES string of the molecule is CC1(C)CN(C(=O)Cc2c[nH]c3ccccc23)CCS1. The average molecular weight is 288 g/mol. The van der Waals surface area contributed by atoms with Crippen LogP contribution in [0.15, 0.2) is 30.5 Å². The molecule has 0 unspecified atom stereocenters. The lowest BCUT2D eigenvalue weighted by atomic mass is 10.1. The third-order valence-electron chi connectivity index (χ3n) is 3.79. The minimum Gasteiger partial charge on any atom is -0.361 e. The number of carbonyl (C=O) groups excluding carboxylic acids is 1. The zero-order valence-corrected chi connectivity index (χ0v) is 12.8. The molecule has 2 heterocycles. The van der Waals surface area contributed by atoms with E-state index in [2.05, 4.69) is 24.9 Å². The van der Waals surface area contributed by atoms with Crippen LogP contribution >= 0.6 is 11.8 Å². The van der Waals surface area contributed by atoms with Crippen LogP contribution in [0.4, 0.5) is 0 Å². The third-order valence-corrected chi connectivity index (χ3v) is 5.09. The van der Waals surface area contributed by atoms with Crippen LogP contribution in [-0.2, 0) is 11.2 Å². The molecule has 3 nitrogen and oxygen atoms in total. The number of amides is 1. The van der Waals surface area contributed by atoms with Gasteiger partial charge in [-0.05, 0) is 25.5 Å². The average Bonchev–Trinajstić information content (AvgIpc) is 2.81. The van der Waals surface area contributed by atoms with Crippen LogP contribution in [0.25, 0.3) is 10.9 Å². The van der Waals surface area contributed by atoms with E-state index < -0.39 is 0 Å². The first-order chi connectivity index (χ1) is 9.55. The Hall–Kier alpha value is -1.42. The van der Waals surface area contributed by atoms with Crippen molar-refractivity contribution in [3.8, 4) is 0 Å². The van der Waals surface area contributed by atoms with Gasteiger partial charge in [0.15, 0.2) is 0 Å². The number of para-hydroxylation sites is 1. The lowest BCUT2D eigenvalue weighted by Gasteiger charge is -2.37. The second kappa shape index (κ2) is 5.17. The summed E-state index contributed by atoms with van der Waals surface area (Å²) in [6.07, 6.45) is 2.46. The van der Waals surface area contributed by atoms with E-state index in [1.807, 2.05) is 41.1 Å². The molecule has 0 saturated carbocycles. The van der Waals surface area contributed by atoms with Crippen molar-refractivity contribution in [1.82, 2.24) is 9.88 Å². The highest BCUT2D eigenvalue weighted by molar-refractivity contribution is 8.00. The highest BCUT2D eigenvalue weighted by Gasteiger charge is 2.29. The minimum atomic E-state index is 0.175. The first-order valence-corrected chi connectivity index (χ1v) is 8.00. The number of nitrogens with one attached hydrogen (secondary N) is 1. The van der Waals surface area contributed by atoms with Gasteiger partial charge < -0.3 is 9.88 Å². The molecule has 0 bridgehead atoms. The van der Waals surface area contributed by atoms with E-state index in [4.69, 9.17) is 0 Å². The summed E-state index contributed by atoms with van der Waals surface area (Å²) in [7, 11) is 0. The maximum atomic E-state index is 12.5. The molecule has 0 radical (unpaired) electrons. The molecular formula is C16H20N2OS. The van der Waals surface area contributed by atoms with Gasteiger partial charge in [0.1, 0.15) is 0 Å². The zero-order valence-electron chi connectivity index (χ0n) is 12.0. The van der Waals surface area contributed by atoms with Crippen molar-refractivity contribution in [2.24, 2.45) is 0 Å². The van der Waals surface area contributed by atoms with Gasteiger partial charge in [-0.2, -0.15) is 11.8 Å². The standard InChI is InChI=1S/C16H20N2OS/c1-16(2)11-18(7-8-20-16)15(19)9-12-10-17-14-6-4-3-5-13(12)14/h3-6,10,17H,7-9,11H2,1-2H3.